The first kappa shape index (κ1) is 14.0. The van der Waals surface area contributed by atoms with Crippen molar-refractivity contribution in [3.8, 4) is 10.7 Å². The van der Waals surface area contributed by atoms with Crippen molar-refractivity contribution >= 4 is 46.1 Å². The van der Waals surface area contributed by atoms with Crippen LogP contribution < -0.4 is 5.73 Å². The first-order chi connectivity index (χ1) is 8.41. The standard InChI is InChI=1S/C9H10Cl3N5S/c1-4-6(18-5(14-4)2-3-13)7-15-8(17-16-7)9(10,11)12/h2-3,13H2,1H3,(H,15,16,17). The van der Waals surface area contributed by atoms with E-state index >= 15 is 0 Å². The molecular weight excluding hydrogens is 317 g/mol. The van der Waals surface area contributed by atoms with Crippen LogP contribution in [0.1, 0.15) is 16.5 Å². The number of thiazole rings is 1. The van der Waals surface area contributed by atoms with Crippen molar-refractivity contribution in [1.29, 1.82) is 0 Å². The SMILES string of the molecule is Cc1nc(CCN)sc1-c1n[nH]c(C(Cl)(Cl)Cl)n1. The molecule has 0 saturated heterocycles. The monoisotopic (exact) mass is 325 g/mol. The molecule has 0 aliphatic heterocycles. The van der Waals surface area contributed by atoms with E-state index in [4.69, 9.17) is 40.5 Å². The highest BCUT2D eigenvalue weighted by Gasteiger charge is 2.28. The first-order valence-corrected chi connectivity index (χ1v) is 7.03. The van der Waals surface area contributed by atoms with Crippen LogP contribution in [0.5, 0.6) is 0 Å². The van der Waals surface area contributed by atoms with Crippen molar-refractivity contribution in [2.24, 2.45) is 5.73 Å². The third-order valence-electron chi connectivity index (χ3n) is 2.16. The Bertz CT molecular complexity index is 545. The Morgan fingerprint density at radius 1 is 1.33 bits per heavy atom. The molecule has 0 aliphatic carbocycles. The number of rotatable bonds is 3. The number of halogens is 3. The van der Waals surface area contributed by atoms with E-state index < -0.39 is 3.79 Å². The zero-order valence-corrected chi connectivity index (χ0v) is 12.5. The molecular formula is C9H10Cl3N5S. The number of nitrogens with two attached hydrogens (primary N) is 1. The maximum absolute atomic E-state index is 5.72. The van der Waals surface area contributed by atoms with Crippen LogP contribution in [0.2, 0.25) is 0 Å². The summed E-state index contributed by atoms with van der Waals surface area (Å²) in [5, 5.41) is 7.60. The van der Waals surface area contributed by atoms with Crippen molar-refractivity contribution in [2.75, 3.05) is 6.54 Å². The van der Waals surface area contributed by atoms with Gasteiger partial charge in [-0.1, -0.05) is 34.8 Å². The minimum atomic E-state index is -1.61. The Hall–Kier alpha value is -0.400. The van der Waals surface area contributed by atoms with Gasteiger partial charge in [0, 0.05) is 6.42 Å². The van der Waals surface area contributed by atoms with Crippen LogP contribution in [0.3, 0.4) is 0 Å². The summed E-state index contributed by atoms with van der Waals surface area (Å²) in [6, 6.07) is 0. The van der Waals surface area contributed by atoms with E-state index in [-0.39, 0.29) is 5.82 Å². The van der Waals surface area contributed by atoms with E-state index in [1.54, 1.807) is 0 Å². The minimum absolute atomic E-state index is 0.190. The fraction of sp³-hybridized carbons (Fsp3) is 0.444. The van der Waals surface area contributed by atoms with E-state index in [2.05, 4.69) is 20.2 Å². The van der Waals surface area contributed by atoms with E-state index in [9.17, 15) is 0 Å². The number of hydrogen-bond acceptors (Lipinski definition) is 5. The highest BCUT2D eigenvalue weighted by molar-refractivity contribution is 7.15. The summed E-state index contributed by atoms with van der Waals surface area (Å²) in [6.45, 7) is 2.44. The summed E-state index contributed by atoms with van der Waals surface area (Å²) in [6.07, 6.45) is 0.729. The van der Waals surface area contributed by atoms with Crippen molar-refractivity contribution in [3.05, 3.63) is 16.5 Å². The van der Waals surface area contributed by atoms with Gasteiger partial charge in [0.15, 0.2) is 11.6 Å². The van der Waals surface area contributed by atoms with Crippen molar-refractivity contribution in [2.45, 2.75) is 17.1 Å². The van der Waals surface area contributed by atoms with E-state index in [0.29, 0.717) is 12.4 Å². The number of aromatic nitrogens is 4. The quantitative estimate of drug-likeness (QED) is 0.849. The fourth-order valence-electron chi connectivity index (χ4n) is 1.38. The lowest BCUT2D eigenvalue weighted by molar-refractivity contribution is 0.945. The normalized spacial score (nSPS) is 12.1. The highest BCUT2D eigenvalue weighted by atomic mass is 35.6. The summed E-state index contributed by atoms with van der Waals surface area (Å²) in [5.74, 6) is 0.672. The summed E-state index contributed by atoms with van der Waals surface area (Å²) in [4.78, 5) is 9.41. The number of nitrogens with zero attached hydrogens (tertiary/aromatic N) is 3. The van der Waals surface area contributed by atoms with E-state index in [0.717, 1.165) is 22.0 Å². The average Bonchev–Trinajstić information content (AvgIpc) is 2.84. The lowest BCUT2D eigenvalue weighted by Crippen LogP contribution is -2.02. The average molecular weight is 327 g/mol. The fourth-order valence-corrected chi connectivity index (χ4v) is 2.65. The van der Waals surface area contributed by atoms with E-state index in [1.807, 2.05) is 6.92 Å². The largest absolute Gasteiger partial charge is 0.330 e. The third kappa shape index (κ3) is 2.95. The van der Waals surface area contributed by atoms with Gasteiger partial charge in [0.05, 0.1) is 15.6 Å². The van der Waals surface area contributed by atoms with Gasteiger partial charge >= 0.3 is 0 Å². The van der Waals surface area contributed by atoms with Gasteiger partial charge in [-0.3, -0.25) is 5.10 Å². The highest BCUT2D eigenvalue weighted by Crippen LogP contribution is 2.37. The number of aromatic amines is 1. The second kappa shape index (κ2) is 5.30. The van der Waals surface area contributed by atoms with Gasteiger partial charge < -0.3 is 5.73 Å². The second-order valence-corrected chi connectivity index (χ2v) is 6.93. The maximum atomic E-state index is 5.72. The van der Waals surface area contributed by atoms with Gasteiger partial charge in [-0.05, 0) is 13.5 Å². The molecule has 98 valence electrons. The Morgan fingerprint density at radius 3 is 2.61 bits per heavy atom. The molecule has 0 amide bonds. The Balaban J connectivity index is 2.34. The van der Waals surface area contributed by atoms with Crippen LogP contribution >= 0.6 is 46.1 Å². The number of H-pyrrole nitrogens is 1. The maximum Gasteiger partial charge on any atom is 0.249 e. The molecule has 0 spiro atoms. The molecule has 0 bridgehead atoms. The van der Waals surface area contributed by atoms with Crippen LogP contribution in [-0.2, 0) is 10.2 Å². The summed E-state index contributed by atoms with van der Waals surface area (Å²) in [5.41, 5.74) is 6.34. The van der Waals surface area contributed by atoms with Crippen molar-refractivity contribution in [3.63, 3.8) is 0 Å². The predicted octanol–water partition coefficient (Wildman–Crippen LogP) is 2.56. The molecule has 0 saturated carbocycles. The van der Waals surface area contributed by atoms with Crippen LogP contribution in [0.4, 0.5) is 0 Å². The molecule has 0 atom stereocenters. The molecule has 2 aromatic heterocycles. The lowest BCUT2D eigenvalue weighted by atomic mass is 10.4. The van der Waals surface area contributed by atoms with Gasteiger partial charge in [0.25, 0.3) is 0 Å². The number of hydrogen-bond donors (Lipinski definition) is 2. The Kier molecular flexibility index (Phi) is 4.13. The zero-order valence-electron chi connectivity index (χ0n) is 9.38. The van der Waals surface area contributed by atoms with Crippen LogP contribution in [0.15, 0.2) is 0 Å². The minimum Gasteiger partial charge on any atom is -0.330 e. The molecule has 0 unspecified atom stereocenters. The predicted molar refractivity (Wildman–Crippen MR) is 74.2 cm³/mol. The van der Waals surface area contributed by atoms with Crippen LogP contribution in [0.25, 0.3) is 10.7 Å². The number of alkyl halides is 3. The summed E-state index contributed by atoms with van der Waals surface area (Å²) in [7, 11) is 0. The summed E-state index contributed by atoms with van der Waals surface area (Å²) >= 11 is 18.7. The zero-order chi connectivity index (χ0) is 13.3. The molecule has 18 heavy (non-hydrogen) atoms. The second-order valence-electron chi connectivity index (χ2n) is 3.57. The topological polar surface area (TPSA) is 80.5 Å². The third-order valence-corrected chi connectivity index (χ3v) is 3.91. The lowest BCUT2D eigenvalue weighted by Gasteiger charge is -2.03. The smallest absolute Gasteiger partial charge is 0.249 e. The van der Waals surface area contributed by atoms with Crippen LogP contribution in [0, 0.1) is 6.92 Å². The van der Waals surface area contributed by atoms with Gasteiger partial charge in [0.1, 0.15) is 0 Å². The van der Waals surface area contributed by atoms with Crippen molar-refractivity contribution in [1.82, 2.24) is 20.2 Å². The molecule has 2 rings (SSSR count). The van der Waals surface area contributed by atoms with Crippen molar-refractivity contribution < 1.29 is 0 Å². The Labute approximate surface area is 123 Å². The molecule has 0 radical (unpaired) electrons. The van der Waals surface area contributed by atoms with Gasteiger partial charge in [-0.2, -0.15) is 5.10 Å². The molecule has 3 N–H and O–H groups in total. The molecule has 2 heterocycles. The van der Waals surface area contributed by atoms with Gasteiger partial charge in [-0.15, -0.1) is 11.3 Å². The first-order valence-electron chi connectivity index (χ1n) is 5.08. The number of nitrogens with one attached hydrogen (secondary N) is 1. The van der Waals surface area contributed by atoms with Gasteiger partial charge in [0.2, 0.25) is 3.79 Å². The molecule has 0 aromatic carbocycles. The summed E-state index contributed by atoms with van der Waals surface area (Å²) < 4.78 is -1.61. The molecule has 0 aliphatic rings. The molecule has 5 nitrogen and oxygen atoms in total. The van der Waals surface area contributed by atoms with E-state index in [1.165, 1.54) is 11.3 Å². The van der Waals surface area contributed by atoms with Crippen LogP contribution in [-0.4, -0.2) is 26.7 Å². The van der Waals surface area contributed by atoms with Gasteiger partial charge in [-0.25, -0.2) is 9.97 Å². The molecule has 0 fully saturated rings. The number of aryl methyl sites for hydroxylation is 1. The molecule has 2 aromatic rings. The molecule has 9 heteroatoms. The Morgan fingerprint density at radius 2 is 2.06 bits per heavy atom.